The van der Waals surface area contributed by atoms with Crippen LogP contribution in [0.3, 0.4) is 0 Å². The van der Waals surface area contributed by atoms with Gasteiger partial charge in [0.25, 0.3) is 5.56 Å². The van der Waals surface area contributed by atoms with Gasteiger partial charge in [0.1, 0.15) is 0 Å². The highest BCUT2D eigenvalue weighted by Crippen LogP contribution is 2.24. The molecule has 3 N–H and O–H groups in total. The van der Waals surface area contributed by atoms with Gasteiger partial charge in [-0.2, -0.15) is 0 Å². The molecule has 0 aliphatic rings. The Morgan fingerprint density at radius 3 is 2.64 bits per heavy atom. The zero-order valence-corrected chi connectivity index (χ0v) is 15.6. The minimum absolute atomic E-state index is 0.199. The third-order valence-electron chi connectivity index (χ3n) is 3.33. The van der Waals surface area contributed by atoms with E-state index in [9.17, 15) is 14.4 Å². The highest BCUT2D eigenvalue weighted by Gasteiger charge is 2.20. The first-order valence-corrected chi connectivity index (χ1v) is 8.92. The molecule has 0 fully saturated rings. The number of nitrogens with zero attached hydrogens (tertiary/aromatic N) is 2. The van der Waals surface area contributed by atoms with Crippen LogP contribution in [0, 0.1) is 5.92 Å². The summed E-state index contributed by atoms with van der Waals surface area (Å²) < 4.78 is 1.53. The fourth-order valence-electron chi connectivity index (χ4n) is 2.22. The summed E-state index contributed by atoms with van der Waals surface area (Å²) in [6.07, 6.45) is 0. The predicted octanol–water partition coefficient (Wildman–Crippen LogP) is 2.38. The number of carbonyl (C=O) groups excluding carboxylic acids is 2. The summed E-state index contributed by atoms with van der Waals surface area (Å²) in [7, 11) is 0. The Hall–Kier alpha value is -2.06. The predicted molar refractivity (Wildman–Crippen MR) is 98.9 cm³/mol. The maximum Gasteiger partial charge on any atom is 0.318 e. The third-order valence-corrected chi connectivity index (χ3v) is 4.65. The summed E-state index contributed by atoms with van der Waals surface area (Å²) in [5, 5.41) is 2.66. The average molecular weight is 383 g/mol. The van der Waals surface area contributed by atoms with Crippen LogP contribution in [0.25, 0.3) is 10.9 Å². The van der Waals surface area contributed by atoms with Crippen LogP contribution in [0.1, 0.15) is 20.8 Å². The van der Waals surface area contributed by atoms with Gasteiger partial charge < -0.3 is 5.73 Å². The smallest absolute Gasteiger partial charge is 0.318 e. The van der Waals surface area contributed by atoms with Crippen LogP contribution in [-0.2, 0) is 11.3 Å². The van der Waals surface area contributed by atoms with E-state index in [0.717, 1.165) is 11.8 Å². The van der Waals surface area contributed by atoms with Gasteiger partial charge in [0.05, 0.1) is 16.2 Å². The van der Waals surface area contributed by atoms with Crippen LogP contribution in [0.2, 0.25) is 5.02 Å². The number of benzene rings is 1. The van der Waals surface area contributed by atoms with Crippen molar-refractivity contribution in [2.75, 3.05) is 0 Å². The van der Waals surface area contributed by atoms with E-state index in [2.05, 4.69) is 4.98 Å². The Labute approximate surface area is 153 Å². The van der Waals surface area contributed by atoms with E-state index in [-0.39, 0.29) is 11.5 Å². The van der Waals surface area contributed by atoms with Gasteiger partial charge in [-0.1, -0.05) is 37.2 Å². The summed E-state index contributed by atoms with van der Waals surface area (Å²) in [4.78, 5) is 40.1. The summed E-state index contributed by atoms with van der Waals surface area (Å²) in [6, 6.07) is 3.98. The standard InChI is InChI=1S/C16H19ClN4O3S/c1-8(2)7-21-14(23)11-6-10(17)4-5-12(11)19-16(21)25-9(3)13(22)20-15(18)24/h4-6,8-9H,7H2,1-3H3,(H3,18,20,22,24)/t9-/m1/s1. The molecule has 0 aliphatic carbocycles. The van der Waals surface area contributed by atoms with E-state index >= 15 is 0 Å². The van der Waals surface area contributed by atoms with E-state index in [1.165, 1.54) is 4.57 Å². The van der Waals surface area contributed by atoms with Crippen molar-refractivity contribution in [2.24, 2.45) is 11.7 Å². The molecule has 2 aromatic rings. The monoisotopic (exact) mass is 382 g/mol. The quantitative estimate of drug-likeness (QED) is 0.609. The number of rotatable bonds is 5. The van der Waals surface area contributed by atoms with Gasteiger partial charge in [-0.15, -0.1) is 0 Å². The summed E-state index contributed by atoms with van der Waals surface area (Å²) in [5.74, 6) is -0.343. The molecule has 1 heterocycles. The molecule has 0 saturated carbocycles. The van der Waals surface area contributed by atoms with Crippen LogP contribution in [0.15, 0.2) is 28.2 Å². The van der Waals surface area contributed by atoms with E-state index in [0.29, 0.717) is 27.6 Å². The maximum atomic E-state index is 12.8. The summed E-state index contributed by atoms with van der Waals surface area (Å²) in [6.45, 7) is 6.01. The molecular weight excluding hydrogens is 364 g/mol. The largest absolute Gasteiger partial charge is 0.351 e. The fourth-order valence-corrected chi connectivity index (χ4v) is 3.31. The normalized spacial score (nSPS) is 12.4. The summed E-state index contributed by atoms with van der Waals surface area (Å²) >= 11 is 7.08. The number of nitrogens with one attached hydrogen (secondary N) is 1. The van der Waals surface area contributed by atoms with Gasteiger partial charge in [0.2, 0.25) is 5.91 Å². The van der Waals surface area contributed by atoms with Crippen molar-refractivity contribution in [1.82, 2.24) is 14.9 Å². The molecule has 2 rings (SSSR count). The van der Waals surface area contributed by atoms with Crippen molar-refractivity contribution in [1.29, 1.82) is 0 Å². The lowest BCUT2D eigenvalue weighted by atomic mass is 10.2. The highest BCUT2D eigenvalue weighted by atomic mass is 35.5. The molecule has 0 aliphatic heterocycles. The molecule has 0 unspecified atom stereocenters. The number of hydrogen-bond acceptors (Lipinski definition) is 5. The van der Waals surface area contributed by atoms with Gasteiger partial charge in [0.15, 0.2) is 5.16 Å². The molecule has 1 aromatic heterocycles. The van der Waals surface area contributed by atoms with Crippen LogP contribution in [0.4, 0.5) is 4.79 Å². The molecule has 1 aromatic carbocycles. The molecule has 0 bridgehead atoms. The zero-order chi connectivity index (χ0) is 18.7. The minimum atomic E-state index is -0.918. The van der Waals surface area contributed by atoms with Gasteiger partial charge in [-0.05, 0) is 31.0 Å². The Morgan fingerprint density at radius 1 is 1.36 bits per heavy atom. The van der Waals surface area contributed by atoms with E-state index in [1.54, 1.807) is 25.1 Å². The van der Waals surface area contributed by atoms with Crippen molar-refractivity contribution in [3.8, 4) is 0 Å². The van der Waals surface area contributed by atoms with E-state index in [4.69, 9.17) is 17.3 Å². The van der Waals surface area contributed by atoms with Crippen molar-refractivity contribution in [2.45, 2.75) is 37.7 Å². The van der Waals surface area contributed by atoms with Gasteiger partial charge in [-0.25, -0.2) is 9.78 Å². The number of carbonyl (C=O) groups is 2. The molecule has 9 heteroatoms. The van der Waals surface area contributed by atoms with Crippen molar-refractivity contribution in [3.63, 3.8) is 0 Å². The maximum absolute atomic E-state index is 12.8. The second-order valence-electron chi connectivity index (χ2n) is 5.98. The van der Waals surface area contributed by atoms with Crippen molar-refractivity contribution >= 4 is 46.2 Å². The number of fused-ring (bicyclic) bond motifs is 1. The fraction of sp³-hybridized carbons (Fsp3) is 0.375. The second kappa shape index (κ2) is 7.88. The van der Waals surface area contributed by atoms with Crippen LogP contribution >= 0.6 is 23.4 Å². The number of thioether (sulfide) groups is 1. The molecule has 7 nitrogen and oxygen atoms in total. The molecule has 0 saturated heterocycles. The van der Waals surface area contributed by atoms with Gasteiger partial charge >= 0.3 is 6.03 Å². The number of hydrogen-bond donors (Lipinski definition) is 2. The van der Waals surface area contributed by atoms with E-state index < -0.39 is 17.2 Å². The SMILES string of the molecule is CC(C)Cn1c(S[C@H](C)C(=O)NC(N)=O)nc2ccc(Cl)cc2c1=O. The van der Waals surface area contributed by atoms with Gasteiger partial charge in [0, 0.05) is 11.6 Å². The molecule has 0 spiro atoms. The Kier molecular flexibility index (Phi) is 6.07. The highest BCUT2D eigenvalue weighted by molar-refractivity contribution is 8.00. The van der Waals surface area contributed by atoms with E-state index in [1.807, 2.05) is 19.2 Å². The number of amides is 3. The third kappa shape index (κ3) is 4.73. The lowest BCUT2D eigenvalue weighted by molar-refractivity contribution is -0.119. The first-order valence-electron chi connectivity index (χ1n) is 7.66. The van der Waals surface area contributed by atoms with Crippen LogP contribution in [-0.4, -0.2) is 26.7 Å². The first kappa shape index (κ1) is 19.3. The van der Waals surface area contributed by atoms with Crippen molar-refractivity contribution in [3.05, 3.63) is 33.6 Å². The number of urea groups is 1. The minimum Gasteiger partial charge on any atom is -0.351 e. The van der Waals surface area contributed by atoms with Gasteiger partial charge in [-0.3, -0.25) is 19.5 Å². The molecular formula is C16H19ClN4O3S. The number of aromatic nitrogens is 2. The summed E-state index contributed by atoms with van der Waals surface area (Å²) in [5.41, 5.74) is 5.25. The second-order valence-corrected chi connectivity index (χ2v) is 7.72. The lowest BCUT2D eigenvalue weighted by Crippen LogP contribution is -2.39. The lowest BCUT2D eigenvalue weighted by Gasteiger charge is -2.17. The topological polar surface area (TPSA) is 107 Å². The Bertz CT molecular complexity index is 882. The molecule has 1 atom stereocenters. The van der Waals surface area contributed by atoms with Crippen molar-refractivity contribution < 1.29 is 9.59 Å². The average Bonchev–Trinajstić information content (AvgIpc) is 2.51. The Morgan fingerprint density at radius 2 is 2.04 bits per heavy atom. The Balaban J connectivity index is 2.50. The van der Waals surface area contributed by atoms with Crippen LogP contribution in [0.5, 0.6) is 0 Å². The number of primary amides is 1. The number of nitrogens with two attached hydrogens (primary N) is 1. The molecule has 134 valence electrons. The molecule has 25 heavy (non-hydrogen) atoms. The number of imide groups is 1. The molecule has 0 radical (unpaired) electrons. The first-order chi connectivity index (χ1) is 11.7. The number of halogens is 1. The zero-order valence-electron chi connectivity index (χ0n) is 14.1. The molecule has 3 amide bonds. The van der Waals surface area contributed by atoms with Crippen LogP contribution < -0.4 is 16.6 Å².